The lowest BCUT2D eigenvalue weighted by atomic mass is 10.1. The minimum absolute atomic E-state index is 0.0234. The van der Waals surface area contributed by atoms with Gasteiger partial charge in [-0.15, -0.1) is 0 Å². The van der Waals surface area contributed by atoms with Crippen LogP contribution in [0.5, 0.6) is 5.75 Å². The van der Waals surface area contributed by atoms with Crippen LogP contribution < -0.4 is 10.1 Å². The third-order valence-electron chi connectivity index (χ3n) is 5.27. The minimum atomic E-state index is -0.201. The fourth-order valence-corrected chi connectivity index (χ4v) is 3.63. The zero-order valence-corrected chi connectivity index (χ0v) is 16.7. The molecule has 0 spiro atoms. The van der Waals surface area contributed by atoms with Crippen molar-refractivity contribution in [3.8, 4) is 17.0 Å². The highest BCUT2D eigenvalue weighted by Crippen LogP contribution is 2.29. The summed E-state index contributed by atoms with van der Waals surface area (Å²) >= 11 is 0. The van der Waals surface area contributed by atoms with E-state index in [1.54, 1.807) is 30.6 Å². The van der Waals surface area contributed by atoms with E-state index in [0.717, 1.165) is 5.56 Å². The molecule has 2 aromatic heterocycles. The first-order valence-electron chi connectivity index (χ1n) is 9.87. The highest BCUT2D eigenvalue weighted by molar-refractivity contribution is 5.94. The van der Waals surface area contributed by atoms with Crippen LogP contribution in [0.1, 0.15) is 16.9 Å². The van der Waals surface area contributed by atoms with Crippen molar-refractivity contribution in [1.29, 1.82) is 0 Å². The van der Waals surface area contributed by atoms with Crippen LogP contribution in [0, 0.1) is 5.92 Å². The Kier molecular flexibility index (Phi) is 5.78. The molecule has 9 heteroatoms. The molecule has 30 heavy (non-hydrogen) atoms. The van der Waals surface area contributed by atoms with Gasteiger partial charge in [-0.2, -0.15) is 5.10 Å². The highest BCUT2D eigenvalue weighted by Gasteiger charge is 2.32. The molecule has 0 radical (unpaired) electrons. The summed E-state index contributed by atoms with van der Waals surface area (Å²) < 4.78 is 7.27. The summed E-state index contributed by atoms with van der Waals surface area (Å²) in [6.07, 6.45) is 5.92. The van der Waals surface area contributed by atoms with Crippen molar-refractivity contribution in [3.63, 3.8) is 0 Å². The molecule has 2 N–H and O–H groups in total. The van der Waals surface area contributed by atoms with Crippen LogP contribution in [0.25, 0.3) is 11.3 Å². The molecular weight excluding hydrogens is 384 g/mol. The zero-order valence-electron chi connectivity index (χ0n) is 16.7. The standard InChI is InChI=1S/C21H24N6O3/c1-30-19-5-3-2-4-16(19)17-12-18(25-24-17)21(29)27-9-6-15(13-27)20(28)23-8-11-26-10-7-22-14-26/h2-5,7,10,12,14-15H,6,8-9,11,13H2,1H3,(H,23,28)(H,24,25). The van der Waals surface area contributed by atoms with Crippen molar-refractivity contribution in [2.75, 3.05) is 26.7 Å². The Morgan fingerprint density at radius 2 is 2.20 bits per heavy atom. The van der Waals surface area contributed by atoms with Gasteiger partial charge in [0.2, 0.25) is 5.91 Å². The summed E-state index contributed by atoms with van der Waals surface area (Å²) in [5.41, 5.74) is 1.85. The van der Waals surface area contributed by atoms with E-state index >= 15 is 0 Å². The number of H-pyrrole nitrogens is 1. The number of nitrogens with one attached hydrogen (secondary N) is 2. The fourth-order valence-electron chi connectivity index (χ4n) is 3.63. The van der Waals surface area contributed by atoms with Crippen LogP contribution in [0.4, 0.5) is 0 Å². The first-order valence-corrected chi connectivity index (χ1v) is 9.87. The molecule has 9 nitrogen and oxygen atoms in total. The molecule has 3 heterocycles. The molecule has 0 saturated carbocycles. The van der Waals surface area contributed by atoms with Crippen molar-refractivity contribution in [2.24, 2.45) is 5.92 Å². The maximum absolute atomic E-state index is 12.9. The van der Waals surface area contributed by atoms with Gasteiger partial charge in [-0.1, -0.05) is 12.1 Å². The van der Waals surface area contributed by atoms with Gasteiger partial charge in [0.1, 0.15) is 11.4 Å². The highest BCUT2D eigenvalue weighted by atomic mass is 16.5. The van der Waals surface area contributed by atoms with Crippen LogP contribution in [-0.2, 0) is 11.3 Å². The van der Waals surface area contributed by atoms with E-state index in [0.29, 0.717) is 49.7 Å². The lowest BCUT2D eigenvalue weighted by Crippen LogP contribution is -2.36. The second kappa shape index (κ2) is 8.81. The molecule has 1 unspecified atom stereocenters. The van der Waals surface area contributed by atoms with E-state index in [4.69, 9.17) is 4.74 Å². The molecule has 3 aromatic rings. The molecule has 1 fully saturated rings. The third-order valence-corrected chi connectivity index (χ3v) is 5.27. The van der Waals surface area contributed by atoms with Crippen molar-refractivity contribution in [3.05, 3.63) is 54.7 Å². The average Bonchev–Trinajstić information content (AvgIpc) is 3.55. The molecule has 4 rings (SSSR count). The number of imidazole rings is 1. The van der Waals surface area contributed by atoms with Gasteiger partial charge < -0.3 is 19.5 Å². The molecular formula is C21H24N6O3. The van der Waals surface area contributed by atoms with E-state index in [-0.39, 0.29) is 17.7 Å². The zero-order chi connectivity index (χ0) is 20.9. The van der Waals surface area contributed by atoms with Crippen LogP contribution >= 0.6 is 0 Å². The number of likely N-dealkylation sites (tertiary alicyclic amines) is 1. The third kappa shape index (κ3) is 4.19. The number of carbonyl (C=O) groups excluding carboxylic acids is 2. The number of para-hydroxylation sites is 1. The van der Waals surface area contributed by atoms with E-state index in [9.17, 15) is 9.59 Å². The quantitative estimate of drug-likeness (QED) is 0.617. The van der Waals surface area contributed by atoms with Crippen LogP contribution in [0.2, 0.25) is 0 Å². The first-order chi connectivity index (χ1) is 14.7. The molecule has 1 atom stereocenters. The molecule has 0 aliphatic carbocycles. The summed E-state index contributed by atoms with van der Waals surface area (Å²) in [5, 5.41) is 10.0. The van der Waals surface area contributed by atoms with Gasteiger partial charge in [-0.05, 0) is 24.6 Å². The lowest BCUT2D eigenvalue weighted by Gasteiger charge is -2.15. The summed E-state index contributed by atoms with van der Waals surface area (Å²) in [6, 6.07) is 9.24. The van der Waals surface area contributed by atoms with Crippen molar-refractivity contribution in [2.45, 2.75) is 13.0 Å². The van der Waals surface area contributed by atoms with Crippen LogP contribution in [0.3, 0.4) is 0 Å². The van der Waals surface area contributed by atoms with Crippen LogP contribution in [0.15, 0.2) is 49.1 Å². The largest absolute Gasteiger partial charge is 0.496 e. The molecule has 2 amide bonds. The number of aromatic nitrogens is 4. The van der Waals surface area contributed by atoms with Gasteiger partial charge in [-0.25, -0.2) is 4.98 Å². The normalized spacial score (nSPS) is 15.9. The van der Waals surface area contributed by atoms with Gasteiger partial charge in [0.25, 0.3) is 5.91 Å². The average molecular weight is 408 g/mol. The smallest absolute Gasteiger partial charge is 0.271 e. The molecule has 1 aliphatic heterocycles. The van der Waals surface area contributed by atoms with E-state index in [1.165, 1.54) is 0 Å². The number of rotatable bonds is 7. The number of amides is 2. The summed E-state index contributed by atoms with van der Waals surface area (Å²) in [4.78, 5) is 31.0. The fraction of sp³-hybridized carbons (Fsp3) is 0.333. The number of carbonyl (C=O) groups is 2. The summed E-state index contributed by atoms with van der Waals surface area (Å²) in [7, 11) is 1.60. The topological polar surface area (TPSA) is 105 Å². The van der Waals surface area contributed by atoms with Gasteiger partial charge in [-0.3, -0.25) is 14.7 Å². The van der Waals surface area contributed by atoms with Gasteiger partial charge in [0.15, 0.2) is 0 Å². The van der Waals surface area contributed by atoms with Crippen molar-refractivity contribution < 1.29 is 14.3 Å². The Labute approximate surface area is 174 Å². The molecule has 1 aromatic carbocycles. The Balaban J connectivity index is 1.33. The van der Waals surface area contributed by atoms with Gasteiger partial charge in [0.05, 0.1) is 25.0 Å². The number of nitrogens with zero attached hydrogens (tertiary/aromatic N) is 4. The second-order valence-electron chi connectivity index (χ2n) is 7.20. The van der Waals surface area contributed by atoms with Crippen LogP contribution in [-0.4, -0.2) is 63.2 Å². The summed E-state index contributed by atoms with van der Waals surface area (Å²) in [6.45, 7) is 2.14. The number of hydrogen-bond acceptors (Lipinski definition) is 5. The molecule has 1 aliphatic rings. The predicted octanol–water partition coefficient (Wildman–Crippen LogP) is 1.56. The number of ether oxygens (including phenoxy) is 1. The van der Waals surface area contributed by atoms with E-state index in [2.05, 4.69) is 20.5 Å². The molecule has 1 saturated heterocycles. The van der Waals surface area contributed by atoms with E-state index in [1.807, 2.05) is 35.0 Å². The Morgan fingerprint density at radius 1 is 1.33 bits per heavy atom. The Bertz CT molecular complexity index is 1010. The maximum Gasteiger partial charge on any atom is 0.271 e. The second-order valence-corrected chi connectivity index (χ2v) is 7.20. The number of benzene rings is 1. The van der Waals surface area contributed by atoms with Gasteiger partial charge >= 0.3 is 0 Å². The first kappa shape index (κ1) is 19.7. The SMILES string of the molecule is COc1ccccc1-c1cc(C(=O)N2CCC(C(=O)NCCn3ccnc3)C2)[nH]n1. The monoisotopic (exact) mass is 408 g/mol. The lowest BCUT2D eigenvalue weighted by molar-refractivity contribution is -0.124. The summed E-state index contributed by atoms with van der Waals surface area (Å²) in [5.74, 6) is 0.312. The Hall–Kier alpha value is -3.62. The molecule has 0 bridgehead atoms. The number of methoxy groups -OCH3 is 1. The Morgan fingerprint density at radius 3 is 3.00 bits per heavy atom. The van der Waals surface area contributed by atoms with Gasteiger partial charge in [0, 0.05) is 44.1 Å². The number of hydrogen-bond donors (Lipinski definition) is 2. The van der Waals surface area contributed by atoms with Crippen molar-refractivity contribution in [1.82, 2.24) is 30.0 Å². The predicted molar refractivity (Wildman–Crippen MR) is 110 cm³/mol. The number of aromatic amines is 1. The maximum atomic E-state index is 12.9. The minimum Gasteiger partial charge on any atom is -0.496 e. The molecule has 156 valence electrons. The van der Waals surface area contributed by atoms with Crippen molar-refractivity contribution >= 4 is 11.8 Å². The van der Waals surface area contributed by atoms with E-state index < -0.39 is 0 Å².